The van der Waals surface area contributed by atoms with Crippen LogP contribution in [0.1, 0.15) is 48.8 Å². The highest BCUT2D eigenvalue weighted by Crippen LogP contribution is 2.46. The van der Waals surface area contributed by atoms with Gasteiger partial charge in [-0.05, 0) is 64.8 Å². The first kappa shape index (κ1) is 20.6. The molecule has 0 bridgehead atoms. The van der Waals surface area contributed by atoms with Gasteiger partial charge in [-0.25, -0.2) is 8.78 Å². The zero-order chi connectivity index (χ0) is 21.5. The zero-order valence-corrected chi connectivity index (χ0v) is 16.4. The number of rotatable bonds is 4. The molecule has 4 rings (SSSR count). The summed E-state index contributed by atoms with van der Waals surface area (Å²) in [7, 11) is 0. The van der Waals surface area contributed by atoms with Crippen molar-refractivity contribution in [2.45, 2.75) is 44.9 Å². The minimum atomic E-state index is -5.16. The Balaban J connectivity index is 1.85. The lowest BCUT2D eigenvalue weighted by molar-refractivity contribution is -0.276. The van der Waals surface area contributed by atoms with Crippen molar-refractivity contribution in [2.75, 3.05) is 0 Å². The predicted octanol–water partition coefficient (Wildman–Crippen LogP) is 7.51. The summed E-state index contributed by atoms with van der Waals surface area (Å²) in [5.41, 5.74) is 2.47. The van der Waals surface area contributed by atoms with Crippen LogP contribution in [0.2, 0.25) is 0 Å². The Kier molecular flexibility index (Phi) is 5.43. The van der Waals surface area contributed by atoms with Gasteiger partial charge in [0.05, 0.1) is 0 Å². The molecular formula is C24H21F5O. The molecule has 2 atom stereocenters. The van der Waals surface area contributed by atoms with Crippen LogP contribution in [0.25, 0.3) is 10.8 Å². The molecule has 0 N–H and O–H groups in total. The van der Waals surface area contributed by atoms with E-state index in [1.807, 2.05) is 36.4 Å². The molecule has 0 saturated carbocycles. The number of hydrogen-bond donors (Lipinski definition) is 0. The van der Waals surface area contributed by atoms with E-state index < -0.39 is 23.7 Å². The highest BCUT2D eigenvalue weighted by molar-refractivity contribution is 5.87. The maximum atomic E-state index is 14.5. The Hall–Kier alpha value is -2.63. The van der Waals surface area contributed by atoms with Crippen LogP contribution < -0.4 is 4.74 Å². The van der Waals surface area contributed by atoms with Crippen LogP contribution in [0.5, 0.6) is 5.75 Å². The molecule has 0 spiro atoms. The molecule has 0 fully saturated rings. The van der Waals surface area contributed by atoms with Gasteiger partial charge < -0.3 is 4.74 Å². The number of halogens is 5. The number of fused-ring (bicyclic) bond motifs is 3. The Morgan fingerprint density at radius 1 is 1.00 bits per heavy atom. The normalized spacial score (nSPS) is 19.0. The lowest BCUT2D eigenvalue weighted by atomic mass is 9.69. The van der Waals surface area contributed by atoms with Gasteiger partial charge in [0.2, 0.25) is 5.75 Å². The number of hydrogen-bond acceptors (Lipinski definition) is 1. The second kappa shape index (κ2) is 7.89. The third-order valence-electron chi connectivity index (χ3n) is 5.91. The third kappa shape index (κ3) is 3.87. The van der Waals surface area contributed by atoms with Crippen LogP contribution in [0.4, 0.5) is 22.0 Å². The first-order valence-corrected chi connectivity index (χ1v) is 10.0. The lowest BCUT2D eigenvalue weighted by Crippen LogP contribution is -2.23. The largest absolute Gasteiger partial charge is 0.573 e. The topological polar surface area (TPSA) is 9.23 Å². The van der Waals surface area contributed by atoms with Crippen molar-refractivity contribution in [1.82, 2.24) is 0 Å². The molecule has 0 aromatic heterocycles. The van der Waals surface area contributed by atoms with E-state index in [0.29, 0.717) is 5.56 Å². The SMILES string of the molecule is CCCC1CCc2c(ccc3ccccc23)C1c1cc(F)c(OC(F)(F)F)c(F)c1. The van der Waals surface area contributed by atoms with Crippen molar-refractivity contribution in [2.24, 2.45) is 5.92 Å². The highest BCUT2D eigenvalue weighted by Gasteiger charge is 2.36. The van der Waals surface area contributed by atoms with Gasteiger partial charge in [0.15, 0.2) is 11.6 Å². The Morgan fingerprint density at radius 3 is 2.37 bits per heavy atom. The van der Waals surface area contributed by atoms with E-state index in [-0.39, 0.29) is 11.8 Å². The van der Waals surface area contributed by atoms with Crippen molar-refractivity contribution < 1.29 is 26.7 Å². The van der Waals surface area contributed by atoms with Crippen molar-refractivity contribution >= 4 is 10.8 Å². The van der Waals surface area contributed by atoms with E-state index in [0.717, 1.165) is 59.7 Å². The molecule has 3 aromatic carbocycles. The summed E-state index contributed by atoms with van der Waals surface area (Å²) in [5, 5.41) is 2.20. The summed E-state index contributed by atoms with van der Waals surface area (Å²) in [6.07, 6.45) is -1.68. The molecule has 0 amide bonds. The number of benzene rings is 3. The number of ether oxygens (including phenoxy) is 1. The minimum absolute atomic E-state index is 0.150. The Morgan fingerprint density at radius 2 is 1.70 bits per heavy atom. The predicted molar refractivity (Wildman–Crippen MR) is 106 cm³/mol. The molecule has 3 aromatic rings. The standard InChI is InChI=1S/C24H21F5O/c1-2-5-15-9-10-18-17-7-4-3-6-14(17)8-11-19(18)22(15)16-12-20(25)23(21(26)13-16)30-24(27,28)29/h3-4,6-8,11-13,15,22H,2,5,9-10H2,1H3. The minimum Gasteiger partial charge on any atom is -0.399 e. The van der Waals surface area contributed by atoms with Gasteiger partial charge in [0, 0.05) is 5.92 Å². The molecule has 1 nitrogen and oxygen atoms in total. The molecule has 2 unspecified atom stereocenters. The molecule has 1 aliphatic rings. The van der Waals surface area contributed by atoms with E-state index in [9.17, 15) is 22.0 Å². The first-order valence-electron chi connectivity index (χ1n) is 10.0. The molecule has 1 aliphatic carbocycles. The lowest BCUT2D eigenvalue weighted by Gasteiger charge is -2.35. The molecular weight excluding hydrogens is 399 g/mol. The number of aryl methyl sites for hydroxylation is 1. The highest BCUT2D eigenvalue weighted by atomic mass is 19.4. The van der Waals surface area contributed by atoms with Crippen LogP contribution >= 0.6 is 0 Å². The van der Waals surface area contributed by atoms with E-state index in [4.69, 9.17) is 0 Å². The average Bonchev–Trinajstić information content (AvgIpc) is 2.69. The van der Waals surface area contributed by atoms with Gasteiger partial charge in [-0.2, -0.15) is 0 Å². The van der Waals surface area contributed by atoms with Crippen molar-refractivity contribution in [1.29, 1.82) is 0 Å². The smallest absolute Gasteiger partial charge is 0.399 e. The molecule has 0 heterocycles. The summed E-state index contributed by atoms with van der Waals surface area (Å²) in [6.45, 7) is 2.05. The van der Waals surface area contributed by atoms with Crippen LogP contribution in [0.15, 0.2) is 48.5 Å². The molecule has 158 valence electrons. The van der Waals surface area contributed by atoms with E-state index >= 15 is 0 Å². The van der Waals surface area contributed by atoms with Gasteiger partial charge in [0.25, 0.3) is 0 Å². The summed E-state index contributed by atoms with van der Waals surface area (Å²) in [4.78, 5) is 0. The van der Waals surface area contributed by atoms with Crippen LogP contribution in [-0.4, -0.2) is 6.36 Å². The fourth-order valence-electron chi connectivity index (χ4n) is 4.78. The molecule has 6 heteroatoms. The van der Waals surface area contributed by atoms with E-state index in [2.05, 4.69) is 11.7 Å². The second-order valence-electron chi connectivity index (χ2n) is 7.78. The van der Waals surface area contributed by atoms with Crippen LogP contribution in [0, 0.1) is 17.6 Å². The first-order chi connectivity index (χ1) is 14.3. The fourth-order valence-corrected chi connectivity index (χ4v) is 4.78. The molecule has 0 saturated heterocycles. The Bertz CT molecular complexity index is 1050. The monoisotopic (exact) mass is 420 g/mol. The molecule has 0 radical (unpaired) electrons. The molecule has 0 aliphatic heterocycles. The average molecular weight is 420 g/mol. The van der Waals surface area contributed by atoms with Gasteiger partial charge in [-0.3, -0.25) is 0 Å². The maximum absolute atomic E-state index is 14.5. The summed E-state index contributed by atoms with van der Waals surface area (Å²) in [5.74, 6) is -4.23. The molecule has 30 heavy (non-hydrogen) atoms. The van der Waals surface area contributed by atoms with E-state index in [1.165, 1.54) is 0 Å². The van der Waals surface area contributed by atoms with Gasteiger partial charge in [-0.1, -0.05) is 49.7 Å². The second-order valence-corrected chi connectivity index (χ2v) is 7.78. The zero-order valence-electron chi connectivity index (χ0n) is 16.4. The number of alkyl halides is 3. The van der Waals surface area contributed by atoms with Crippen molar-refractivity contribution in [3.05, 3.63) is 76.9 Å². The van der Waals surface area contributed by atoms with Gasteiger partial charge >= 0.3 is 6.36 Å². The van der Waals surface area contributed by atoms with Crippen molar-refractivity contribution in [3.8, 4) is 5.75 Å². The summed E-state index contributed by atoms with van der Waals surface area (Å²) >= 11 is 0. The van der Waals surface area contributed by atoms with E-state index in [1.54, 1.807) is 0 Å². The van der Waals surface area contributed by atoms with Crippen LogP contribution in [0.3, 0.4) is 0 Å². The summed E-state index contributed by atoms with van der Waals surface area (Å²) < 4.78 is 70.0. The third-order valence-corrected chi connectivity index (χ3v) is 5.91. The van der Waals surface area contributed by atoms with Gasteiger partial charge in [-0.15, -0.1) is 13.2 Å². The maximum Gasteiger partial charge on any atom is 0.573 e. The quantitative estimate of drug-likeness (QED) is 0.397. The van der Waals surface area contributed by atoms with Crippen molar-refractivity contribution in [3.63, 3.8) is 0 Å². The summed E-state index contributed by atoms with van der Waals surface area (Å²) in [6, 6.07) is 13.9. The van der Waals surface area contributed by atoms with Crippen LogP contribution in [-0.2, 0) is 6.42 Å². The fraction of sp³-hybridized carbons (Fsp3) is 0.333. The van der Waals surface area contributed by atoms with Gasteiger partial charge in [0.1, 0.15) is 0 Å². The Labute approximate surface area is 171 Å².